The Labute approximate surface area is 178 Å². The second-order valence-corrected chi connectivity index (χ2v) is 8.31. The molecule has 0 spiro atoms. The van der Waals surface area contributed by atoms with Gasteiger partial charge >= 0.3 is 6.09 Å². The van der Waals surface area contributed by atoms with Gasteiger partial charge in [-0.2, -0.15) is 5.26 Å². The van der Waals surface area contributed by atoms with Gasteiger partial charge in [0.25, 0.3) is 5.56 Å². The molecule has 1 heterocycles. The van der Waals surface area contributed by atoms with Crippen LogP contribution in [0.2, 0.25) is 5.02 Å². The standard InChI is InChI=1S/C22H21ClN4O3/c1-13(27(21(29)30)22(2,3)4)19-25-17-10-6-9-16(23)18(17)20(28)26(19)15-8-5-7-14(11-15)12-24/h5-11,13H,1-4H3,(H,29,30). The van der Waals surface area contributed by atoms with Crippen LogP contribution in [0.5, 0.6) is 0 Å². The fraction of sp³-hybridized carbons (Fsp3) is 0.273. The van der Waals surface area contributed by atoms with Gasteiger partial charge in [-0.15, -0.1) is 0 Å². The molecule has 0 saturated heterocycles. The second-order valence-electron chi connectivity index (χ2n) is 7.91. The molecular weight excluding hydrogens is 404 g/mol. The fourth-order valence-corrected chi connectivity index (χ4v) is 3.85. The summed E-state index contributed by atoms with van der Waals surface area (Å²) in [5.41, 5.74) is -0.0216. The molecule has 1 N–H and O–H groups in total. The van der Waals surface area contributed by atoms with E-state index in [1.54, 1.807) is 70.2 Å². The Hall–Kier alpha value is -3.37. The molecule has 154 valence electrons. The number of nitrogens with zero attached hydrogens (tertiary/aromatic N) is 4. The molecular formula is C22H21ClN4O3. The van der Waals surface area contributed by atoms with E-state index in [2.05, 4.69) is 11.1 Å². The molecule has 0 aliphatic rings. The number of hydrogen-bond acceptors (Lipinski definition) is 4. The van der Waals surface area contributed by atoms with Crippen LogP contribution < -0.4 is 5.56 Å². The van der Waals surface area contributed by atoms with E-state index >= 15 is 0 Å². The zero-order valence-electron chi connectivity index (χ0n) is 17.0. The number of carbonyl (C=O) groups is 1. The zero-order chi connectivity index (χ0) is 22.2. The van der Waals surface area contributed by atoms with Crippen LogP contribution >= 0.6 is 11.6 Å². The smallest absolute Gasteiger partial charge is 0.408 e. The van der Waals surface area contributed by atoms with Crippen LogP contribution in [0.1, 0.15) is 45.1 Å². The number of halogens is 1. The number of aromatic nitrogens is 2. The van der Waals surface area contributed by atoms with E-state index in [9.17, 15) is 20.0 Å². The fourth-order valence-electron chi connectivity index (χ4n) is 3.60. The van der Waals surface area contributed by atoms with E-state index in [-0.39, 0.29) is 16.2 Å². The highest BCUT2D eigenvalue weighted by Crippen LogP contribution is 2.30. The van der Waals surface area contributed by atoms with Crippen LogP contribution in [0.25, 0.3) is 16.6 Å². The molecule has 0 bridgehead atoms. The summed E-state index contributed by atoms with van der Waals surface area (Å²) in [6.07, 6.45) is -1.13. The van der Waals surface area contributed by atoms with Gasteiger partial charge in [-0.05, 0) is 58.0 Å². The number of nitriles is 1. The van der Waals surface area contributed by atoms with Crippen molar-refractivity contribution in [2.24, 2.45) is 0 Å². The lowest BCUT2D eigenvalue weighted by molar-refractivity contribution is 0.0719. The Morgan fingerprint density at radius 1 is 1.27 bits per heavy atom. The highest BCUT2D eigenvalue weighted by atomic mass is 35.5. The van der Waals surface area contributed by atoms with Crippen LogP contribution in [0, 0.1) is 11.3 Å². The molecule has 1 amide bonds. The van der Waals surface area contributed by atoms with Crippen molar-refractivity contribution in [3.05, 3.63) is 69.2 Å². The lowest BCUT2D eigenvalue weighted by atomic mass is 10.0. The van der Waals surface area contributed by atoms with Crippen molar-refractivity contribution in [3.63, 3.8) is 0 Å². The topological polar surface area (TPSA) is 99.2 Å². The first kappa shape index (κ1) is 21.3. The summed E-state index contributed by atoms with van der Waals surface area (Å²) in [7, 11) is 0. The lowest BCUT2D eigenvalue weighted by Gasteiger charge is -2.38. The Kier molecular flexibility index (Phi) is 5.55. The predicted octanol–water partition coefficient (Wildman–Crippen LogP) is 4.75. The van der Waals surface area contributed by atoms with E-state index in [1.165, 1.54) is 9.47 Å². The minimum atomic E-state index is -1.13. The lowest BCUT2D eigenvalue weighted by Crippen LogP contribution is -2.47. The van der Waals surface area contributed by atoms with Gasteiger partial charge in [-0.25, -0.2) is 9.78 Å². The SMILES string of the molecule is CC(c1nc2cccc(Cl)c2c(=O)n1-c1cccc(C#N)c1)N(C(=O)O)C(C)(C)C. The quantitative estimate of drug-likeness (QED) is 0.654. The van der Waals surface area contributed by atoms with Crippen LogP contribution in [0.4, 0.5) is 4.79 Å². The van der Waals surface area contributed by atoms with Crippen LogP contribution in [0.15, 0.2) is 47.3 Å². The molecule has 3 aromatic rings. The van der Waals surface area contributed by atoms with Crippen molar-refractivity contribution < 1.29 is 9.90 Å². The number of amides is 1. The van der Waals surface area contributed by atoms with Gasteiger partial charge in [0.1, 0.15) is 5.82 Å². The summed E-state index contributed by atoms with van der Waals surface area (Å²) in [4.78, 5) is 31.4. The third-order valence-electron chi connectivity index (χ3n) is 4.80. The normalized spacial score (nSPS) is 12.4. The Morgan fingerprint density at radius 3 is 2.53 bits per heavy atom. The Balaban J connectivity index is 2.42. The molecule has 0 saturated carbocycles. The maximum atomic E-state index is 13.5. The number of carboxylic acid groups (broad SMARTS) is 1. The van der Waals surface area contributed by atoms with Crippen molar-refractivity contribution in [2.75, 3.05) is 0 Å². The second kappa shape index (κ2) is 7.81. The molecule has 0 aliphatic heterocycles. The highest BCUT2D eigenvalue weighted by molar-refractivity contribution is 6.35. The Morgan fingerprint density at radius 2 is 1.93 bits per heavy atom. The maximum Gasteiger partial charge on any atom is 0.408 e. The van der Waals surface area contributed by atoms with Gasteiger partial charge in [0.2, 0.25) is 0 Å². The van der Waals surface area contributed by atoms with Crippen molar-refractivity contribution in [3.8, 4) is 11.8 Å². The first-order valence-electron chi connectivity index (χ1n) is 9.30. The summed E-state index contributed by atoms with van der Waals surface area (Å²) in [6.45, 7) is 7.00. The van der Waals surface area contributed by atoms with E-state index < -0.39 is 23.2 Å². The highest BCUT2D eigenvalue weighted by Gasteiger charge is 2.34. The van der Waals surface area contributed by atoms with Crippen LogP contribution in [0.3, 0.4) is 0 Å². The average molecular weight is 425 g/mol. The average Bonchev–Trinajstić information content (AvgIpc) is 2.66. The van der Waals surface area contributed by atoms with Crippen molar-refractivity contribution in [1.82, 2.24) is 14.5 Å². The van der Waals surface area contributed by atoms with E-state index in [0.29, 0.717) is 16.8 Å². The predicted molar refractivity (Wildman–Crippen MR) is 115 cm³/mol. The summed E-state index contributed by atoms with van der Waals surface area (Å²) < 4.78 is 1.33. The molecule has 0 fully saturated rings. The monoisotopic (exact) mass is 424 g/mol. The number of benzene rings is 2. The molecule has 8 heteroatoms. The molecule has 2 aromatic carbocycles. The van der Waals surface area contributed by atoms with Gasteiger partial charge in [0.05, 0.1) is 39.3 Å². The first-order valence-corrected chi connectivity index (χ1v) is 9.68. The molecule has 1 atom stereocenters. The van der Waals surface area contributed by atoms with Crippen molar-refractivity contribution >= 4 is 28.6 Å². The summed E-state index contributed by atoms with van der Waals surface area (Å²) in [5.74, 6) is 0.238. The minimum absolute atomic E-state index is 0.232. The molecule has 30 heavy (non-hydrogen) atoms. The number of hydrogen-bond donors (Lipinski definition) is 1. The van der Waals surface area contributed by atoms with Gasteiger partial charge in [-0.1, -0.05) is 23.7 Å². The molecule has 0 aliphatic carbocycles. The molecule has 0 radical (unpaired) electrons. The molecule has 1 unspecified atom stereocenters. The van der Waals surface area contributed by atoms with Gasteiger partial charge in [0.15, 0.2) is 0 Å². The third-order valence-corrected chi connectivity index (χ3v) is 5.11. The van der Waals surface area contributed by atoms with Gasteiger partial charge < -0.3 is 5.11 Å². The Bertz CT molecular complexity index is 1240. The summed E-state index contributed by atoms with van der Waals surface area (Å²) in [5, 5.41) is 19.6. The van der Waals surface area contributed by atoms with Gasteiger partial charge in [-0.3, -0.25) is 14.3 Å². The van der Waals surface area contributed by atoms with Crippen molar-refractivity contribution in [1.29, 1.82) is 5.26 Å². The molecule has 1 aromatic heterocycles. The largest absolute Gasteiger partial charge is 0.465 e. The zero-order valence-corrected chi connectivity index (χ0v) is 17.8. The number of fused-ring (bicyclic) bond motifs is 1. The minimum Gasteiger partial charge on any atom is -0.465 e. The van der Waals surface area contributed by atoms with Crippen LogP contribution in [-0.2, 0) is 0 Å². The van der Waals surface area contributed by atoms with Gasteiger partial charge in [0, 0.05) is 5.54 Å². The van der Waals surface area contributed by atoms with E-state index in [1.807, 2.05) is 0 Å². The van der Waals surface area contributed by atoms with Crippen LogP contribution in [-0.4, -0.2) is 31.2 Å². The summed E-state index contributed by atoms with van der Waals surface area (Å²) in [6, 6.07) is 12.8. The third kappa shape index (κ3) is 3.74. The van der Waals surface area contributed by atoms with Crippen molar-refractivity contribution in [2.45, 2.75) is 39.3 Å². The number of rotatable bonds is 3. The van der Waals surface area contributed by atoms with E-state index in [4.69, 9.17) is 11.6 Å². The summed E-state index contributed by atoms with van der Waals surface area (Å²) >= 11 is 6.29. The van der Waals surface area contributed by atoms with E-state index in [0.717, 1.165) is 0 Å². The first-order chi connectivity index (χ1) is 14.1. The maximum absolute atomic E-state index is 13.5. The molecule has 3 rings (SSSR count). The molecule has 7 nitrogen and oxygen atoms in total.